The van der Waals surface area contributed by atoms with Crippen molar-refractivity contribution in [3.63, 3.8) is 0 Å². The fourth-order valence-corrected chi connectivity index (χ4v) is 1.96. The molecule has 0 aromatic heterocycles. The maximum atomic E-state index is 9.80. The van der Waals surface area contributed by atoms with Gasteiger partial charge in [-0.05, 0) is 47.1 Å². The second kappa shape index (κ2) is 5.49. The van der Waals surface area contributed by atoms with E-state index in [1.807, 2.05) is 19.1 Å². The number of hydrogen-bond donors (Lipinski definition) is 3. The van der Waals surface area contributed by atoms with Crippen molar-refractivity contribution in [2.45, 2.75) is 19.4 Å². The topological polar surface area (TPSA) is 52.5 Å². The smallest absolute Gasteiger partial charge is 0.135 e. The van der Waals surface area contributed by atoms with Crippen LogP contribution < -0.4 is 5.32 Å². The van der Waals surface area contributed by atoms with Crippen LogP contribution in [-0.2, 0) is 6.42 Å². The van der Waals surface area contributed by atoms with Crippen molar-refractivity contribution in [1.29, 1.82) is 0 Å². The highest BCUT2D eigenvalue weighted by Gasteiger charge is 2.14. The highest BCUT2D eigenvalue weighted by atomic mass is 79.9. The van der Waals surface area contributed by atoms with Crippen LogP contribution in [0.25, 0.3) is 0 Å². The van der Waals surface area contributed by atoms with Gasteiger partial charge in [-0.25, -0.2) is 0 Å². The molecule has 84 valence electrons. The average Bonchev–Trinajstić information content (AvgIpc) is 2.22. The van der Waals surface area contributed by atoms with E-state index in [1.54, 1.807) is 7.05 Å². The van der Waals surface area contributed by atoms with E-state index in [4.69, 9.17) is 0 Å². The van der Waals surface area contributed by atoms with Crippen LogP contribution in [0.3, 0.4) is 0 Å². The number of hydrogen-bond acceptors (Lipinski definition) is 3. The Balaban J connectivity index is 3.09. The molecule has 3 N–H and O–H groups in total. The van der Waals surface area contributed by atoms with E-state index < -0.39 is 6.10 Å². The summed E-state index contributed by atoms with van der Waals surface area (Å²) in [7, 11) is 1.76. The minimum absolute atomic E-state index is 0.120. The molecule has 0 radical (unpaired) electrons. The summed E-state index contributed by atoms with van der Waals surface area (Å²) >= 11 is 3.28. The third-order valence-electron chi connectivity index (χ3n) is 2.32. The standard InChI is InChI=1S/C11H16BrNO2/c1-3-7-4-8(10(14)6-13-2)11(15)9(12)5-7/h4-5,10,13-15H,3,6H2,1-2H3. The van der Waals surface area contributed by atoms with Gasteiger partial charge >= 0.3 is 0 Å². The van der Waals surface area contributed by atoms with Crippen LogP contribution in [0.15, 0.2) is 16.6 Å². The Bertz CT molecular complexity index is 342. The largest absolute Gasteiger partial charge is 0.506 e. The van der Waals surface area contributed by atoms with Gasteiger partial charge in [0, 0.05) is 12.1 Å². The Kier molecular flexibility index (Phi) is 4.57. The monoisotopic (exact) mass is 273 g/mol. The van der Waals surface area contributed by atoms with Crippen molar-refractivity contribution in [2.75, 3.05) is 13.6 Å². The number of likely N-dealkylation sites (N-methyl/N-ethyl adjacent to an activating group) is 1. The minimum atomic E-state index is -0.683. The molecule has 1 rings (SSSR count). The molecule has 0 saturated heterocycles. The number of halogens is 1. The van der Waals surface area contributed by atoms with E-state index in [0.29, 0.717) is 16.6 Å². The first-order valence-electron chi connectivity index (χ1n) is 4.94. The number of aromatic hydroxyl groups is 1. The van der Waals surface area contributed by atoms with Crippen LogP contribution >= 0.6 is 15.9 Å². The lowest BCUT2D eigenvalue weighted by atomic mass is 10.0. The van der Waals surface area contributed by atoms with Gasteiger partial charge in [0.25, 0.3) is 0 Å². The van der Waals surface area contributed by atoms with Gasteiger partial charge in [0.2, 0.25) is 0 Å². The lowest BCUT2D eigenvalue weighted by molar-refractivity contribution is 0.173. The molecule has 0 aliphatic heterocycles. The number of benzene rings is 1. The molecule has 3 nitrogen and oxygen atoms in total. The molecule has 4 heteroatoms. The van der Waals surface area contributed by atoms with Gasteiger partial charge in [-0.15, -0.1) is 0 Å². The Morgan fingerprint density at radius 2 is 2.13 bits per heavy atom. The van der Waals surface area contributed by atoms with E-state index >= 15 is 0 Å². The number of aryl methyl sites for hydroxylation is 1. The first kappa shape index (κ1) is 12.5. The summed E-state index contributed by atoms with van der Waals surface area (Å²) in [4.78, 5) is 0. The lowest BCUT2D eigenvalue weighted by Gasteiger charge is -2.14. The van der Waals surface area contributed by atoms with Crippen LogP contribution in [0.2, 0.25) is 0 Å². The predicted octanol–water partition coefficient (Wildman–Crippen LogP) is 1.97. The molecule has 0 amide bonds. The zero-order valence-corrected chi connectivity index (χ0v) is 10.5. The van der Waals surface area contributed by atoms with Crippen LogP contribution in [0.4, 0.5) is 0 Å². The SMILES string of the molecule is CCc1cc(Br)c(O)c(C(O)CNC)c1. The molecule has 0 heterocycles. The number of nitrogens with one attached hydrogen (secondary N) is 1. The van der Waals surface area contributed by atoms with Gasteiger partial charge in [-0.2, -0.15) is 0 Å². The molecule has 1 aromatic carbocycles. The first-order valence-corrected chi connectivity index (χ1v) is 5.73. The molecule has 1 atom stereocenters. The van der Waals surface area contributed by atoms with Crippen molar-refractivity contribution >= 4 is 15.9 Å². The molecule has 0 fully saturated rings. The molecule has 0 bridgehead atoms. The molecule has 0 spiro atoms. The summed E-state index contributed by atoms with van der Waals surface area (Å²) in [5, 5.41) is 22.5. The maximum absolute atomic E-state index is 9.80. The van der Waals surface area contributed by atoms with Crippen LogP contribution in [0.1, 0.15) is 24.2 Å². The third-order valence-corrected chi connectivity index (χ3v) is 2.92. The first-order chi connectivity index (χ1) is 7.10. The van der Waals surface area contributed by atoms with Gasteiger partial charge in [0.05, 0.1) is 10.6 Å². The number of aliphatic hydroxyl groups is 1. The number of aliphatic hydroxyl groups excluding tert-OH is 1. The van der Waals surface area contributed by atoms with Gasteiger partial charge in [-0.1, -0.05) is 6.92 Å². The highest BCUT2D eigenvalue weighted by molar-refractivity contribution is 9.10. The van der Waals surface area contributed by atoms with Gasteiger partial charge in [0.1, 0.15) is 5.75 Å². The normalized spacial score (nSPS) is 12.8. The number of rotatable bonds is 4. The zero-order valence-electron chi connectivity index (χ0n) is 8.92. The summed E-state index contributed by atoms with van der Waals surface area (Å²) < 4.78 is 0.631. The molecule has 1 unspecified atom stereocenters. The second-order valence-corrected chi connectivity index (χ2v) is 4.30. The Hall–Kier alpha value is -0.580. The second-order valence-electron chi connectivity index (χ2n) is 3.44. The van der Waals surface area contributed by atoms with Crippen molar-refractivity contribution in [3.05, 3.63) is 27.7 Å². The minimum Gasteiger partial charge on any atom is -0.506 e. The number of phenols is 1. The highest BCUT2D eigenvalue weighted by Crippen LogP contribution is 2.33. The quantitative estimate of drug-likeness (QED) is 0.786. The van der Waals surface area contributed by atoms with Crippen LogP contribution in [0.5, 0.6) is 5.75 Å². The number of phenolic OH excluding ortho intramolecular Hbond substituents is 1. The van der Waals surface area contributed by atoms with Crippen molar-refractivity contribution < 1.29 is 10.2 Å². The maximum Gasteiger partial charge on any atom is 0.135 e. The van der Waals surface area contributed by atoms with E-state index in [2.05, 4.69) is 21.2 Å². The molecular formula is C11H16BrNO2. The van der Waals surface area contributed by atoms with Crippen molar-refractivity contribution in [1.82, 2.24) is 5.32 Å². The molecule has 0 aliphatic rings. The molecule has 0 aliphatic carbocycles. The Labute approximate surface area is 98.3 Å². The fraction of sp³-hybridized carbons (Fsp3) is 0.455. The summed E-state index contributed by atoms with van der Waals surface area (Å²) in [6, 6.07) is 3.70. The molecule has 1 aromatic rings. The van der Waals surface area contributed by atoms with E-state index in [1.165, 1.54) is 0 Å². The fourth-order valence-electron chi connectivity index (χ4n) is 1.44. The van der Waals surface area contributed by atoms with Crippen molar-refractivity contribution in [2.24, 2.45) is 0 Å². The van der Waals surface area contributed by atoms with Gasteiger partial charge in [-0.3, -0.25) is 0 Å². The van der Waals surface area contributed by atoms with Crippen LogP contribution in [0, 0.1) is 0 Å². The zero-order chi connectivity index (χ0) is 11.4. The van der Waals surface area contributed by atoms with E-state index in [-0.39, 0.29) is 5.75 Å². The summed E-state index contributed by atoms with van der Waals surface area (Å²) in [6.07, 6.45) is 0.191. The lowest BCUT2D eigenvalue weighted by Crippen LogP contribution is -2.17. The molecular weight excluding hydrogens is 258 g/mol. The Morgan fingerprint density at radius 3 is 2.67 bits per heavy atom. The third kappa shape index (κ3) is 2.93. The van der Waals surface area contributed by atoms with E-state index in [0.717, 1.165) is 12.0 Å². The predicted molar refractivity (Wildman–Crippen MR) is 64.1 cm³/mol. The molecule has 15 heavy (non-hydrogen) atoms. The average molecular weight is 274 g/mol. The van der Waals surface area contributed by atoms with E-state index in [9.17, 15) is 10.2 Å². The molecule has 0 saturated carbocycles. The Morgan fingerprint density at radius 1 is 1.47 bits per heavy atom. The summed E-state index contributed by atoms with van der Waals surface area (Å²) in [6.45, 7) is 2.46. The van der Waals surface area contributed by atoms with Crippen LogP contribution in [-0.4, -0.2) is 23.8 Å². The summed E-state index contributed by atoms with van der Waals surface area (Å²) in [5.74, 6) is 0.120. The van der Waals surface area contributed by atoms with Crippen molar-refractivity contribution in [3.8, 4) is 5.75 Å². The van der Waals surface area contributed by atoms with Gasteiger partial charge < -0.3 is 15.5 Å². The van der Waals surface area contributed by atoms with Gasteiger partial charge in [0.15, 0.2) is 0 Å². The summed E-state index contributed by atoms with van der Waals surface area (Å²) in [5.41, 5.74) is 1.65.